The molecule has 1 amide bonds. The lowest BCUT2D eigenvalue weighted by Crippen LogP contribution is -2.42. The molecule has 126 valence electrons. The molecule has 1 aliphatic rings. The molecular weight excluding hydrogens is 398 g/mol. The van der Waals surface area contributed by atoms with Crippen molar-refractivity contribution in [2.75, 3.05) is 32.1 Å². The molecule has 7 heteroatoms. The monoisotopic (exact) mass is 417 g/mol. The van der Waals surface area contributed by atoms with Crippen LogP contribution in [0, 0.1) is 5.92 Å². The Morgan fingerprint density at radius 1 is 1.35 bits per heavy atom. The lowest BCUT2D eigenvalue weighted by atomic mass is 9.84. The molecule has 0 bridgehead atoms. The molecule has 1 fully saturated rings. The van der Waals surface area contributed by atoms with Gasteiger partial charge >= 0.3 is 0 Å². The Hall–Kier alpha value is -0.690. The van der Waals surface area contributed by atoms with Gasteiger partial charge in [0.15, 0.2) is 5.13 Å². The lowest BCUT2D eigenvalue weighted by molar-refractivity contribution is -0.124. The third kappa shape index (κ3) is 4.24. The number of carbonyl (C=O) groups excluding carboxylic acids is 1. The highest BCUT2D eigenvalue weighted by atomic mass is 79.9. The first-order valence-corrected chi connectivity index (χ1v) is 9.18. The Morgan fingerprint density at radius 2 is 2.09 bits per heavy atom. The van der Waals surface area contributed by atoms with Gasteiger partial charge in [0.25, 0.3) is 0 Å². The molecule has 0 atom stereocenters. The van der Waals surface area contributed by atoms with Crippen LogP contribution in [-0.2, 0) is 4.79 Å². The summed E-state index contributed by atoms with van der Waals surface area (Å²) in [6.45, 7) is 1.54. The van der Waals surface area contributed by atoms with E-state index in [1.807, 2.05) is 31.1 Å². The summed E-state index contributed by atoms with van der Waals surface area (Å²) in [7, 11) is 4.06. The molecule has 1 aromatic carbocycles. The molecule has 0 unspecified atom stereocenters. The number of likely N-dealkylation sites (N-methyl/N-ethyl adjacent to an activating group) is 1. The zero-order chi connectivity index (χ0) is 15.7. The fourth-order valence-corrected chi connectivity index (χ4v) is 4.03. The second kappa shape index (κ2) is 7.92. The van der Waals surface area contributed by atoms with E-state index in [1.165, 1.54) is 6.42 Å². The van der Waals surface area contributed by atoms with Crippen LogP contribution >= 0.6 is 39.7 Å². The van der Waals surface area contributed by atoms with Gasteiger partial charge in [0.2, 0.25) is 5.91 Å². The number of fused-ring (bicyclic) bond motifs is 1. The van der Waals surface area contributed by atoms with Gasteiger partial charge in [-0.1, -0.05) is 33.7 Å². The number of rotatable bonds is 5. The second-order valence-corrected chi connectivity index (χ2v) is 7.95. The topological polar surface area (TPSA) is 36.4 Å². The van der Waals surface area contributed by atoms with E-state index in [9.17, 15) is 4.79 Å². The molecule has 0 spiro atoms. The first-order valence-electron chi connectivity index (χ1n) is 7.57. The van der Waals surface area contributed by atoms with Gasteiger partial charge in [-0.05, 0) is 45.1 Å². The standard InChI is InChI=1S/C16H20BrN3OS.ClH/c1-19(2)8-9-20(15(21)11-4-3-5-11)16-18-13-7-6-12(17)10-14(13)22-16;/h6-7,10-11H,3-5,8-9H2,1-2H3;1H. The van der Waals surface area contributed by atoms with E-state index in [2.05, 4.69) is 31.9 Å². The van der Waals surface area contributed by atoms with Crippen molar-refractivity contribution in [1.82, 2.24) is 9.88 Å². The third-order valence-corrected chi connectivity index (χ3v) is 5.60. The smallest absolute Gasteiger partial charge is 0.231 e. The summed E-state index contributed by atoms with van der Waals surface area (Å²) in [5.41, 5.74) is 0.958. The van der Waals surface area contributed by atoms with Crippen molar-refractivity contribution in [3.05, 3.63) is 22.7 Å². The molecule has 0 N–H and O–H groups in total. The summed E-state index contributed by atoms with van der Waals surface area (Å²) < 4.78 is 2.15. The minimum atomic E-state index is 0. The molecular formula is C16H21BrClN3OS. The van der Waals surface area contributed by atoms with E-state index in [1.54, 1.807) is 11.3 Å². The van der Waals surface area contributed by atoms with Crippen molar-refractivity contribution in [2.45, 2.75) is 19.3 Å². The van der Waals surface area contributed by atoms with Crippen LogP contribution in [0.3, 0.4) is 0 Å². The van der Waals surface area contributed by atoms with Crippen LogP contribution in [-0.4, -0.2) is 43.0 Å². The number of amides is 1. The maximum absolute atomic E-state index is 12.7. The van der Waals surface area contributed by atoms with E-state index in [-0.39, 0.29) is 24.2 Å². The van der Waals surface area contributed by atoms with E-state index >= 15 is 0 Å². The molecule has 1 aliphatic carbocycles. The highest BCUT2D eigenvalue weighted by Crippen LogP contribution is 2.34. The van der Waals surface area contributed by atoms with Crippen molar-refractivity contribution >= 4 is 60.9 Å². The number of aromatic nitrogens is 1. The number of halogens is 2. The number of anilines is 1. The number of hydrogen-bond acceptors (Lipinski definition) is 4. The number of thiazole rings is 1. The molecule has 0 radical (unpaired) electrons. The predicted molar refractivity (Wildman–Crippen MR) is 103 cm³/mol. The molecule has 0 aliphatic heterocycles. The van der Waals surface area contributed by atoms with Crippen LogP contribution in [0.1, 0.15) is 19.3 Å². The largest absolute Gasteiger partial charge is 0.308 e. The van der Waals surface area contributed by atoms with E-state index in [0.717, 1.165) is 39.2 Å². The van der Waals surface area contributed by atoms with Crippen LogP contribution in [0.5, 0.6) is 0 Å². The molecule has 3 rings (SSSR count). The zero-order valence-electron chi connectivity index (χ0n) is 13.3. The SMILES string of the molecule is CN(C)CCN(C(=O)C1CCC1)c1nc2ccc(Br)cc2s1.Cl. The average Bonchev–Trinajstić information content (AvgIpc) is 2.79. The Kier molecular flexibility index (Phi) is 6.42. The fourth-order valence-electron chi connectivity index (χ4n) is 2.48. The molecule has 4 nitrogen and oxygen atoms in total. The van der Waals surface area contributed by atoms with E-state index < -0.39 is 0 Å². The summed E-state index contributed by atoms with van der Waals surface area (Å²) in [6.07, 6.45) is 3.21. The van der Waals surface area contributed by atoms with Gasteiger partial charge in [0, 0.05) is 23.5 Å². The summed E-state index contributed by atoms with van der Waals surface area (Å²) >= 11 is 5.09. The molecule has 1 aromatic heterocycles. The first kappa shape index (κ1) is 18.6. The summed E-state index contributed by atoms with van der Waals surface area (Å²) in [6, 6.07) is 6.05. The van der Waals surface area contributed by atoms with Crippen molar-refractivity contribution in [2.24, 2.45) is 5.92 Å². The average molecular weight is 419 g/mol. The summed E-state index contributed by atoms with van der Waals surface area (Å²) in [5.74, 6) is 0.437. The molecule has 1 heterocycles. The highest BCUT2D eigenvalue weighted by molar-refractivity contribution is 9.10. The maximum atomic E-state index is 12.7. The Labute approximate surface area is 155 Å². The third-order valence-electron chi connectivity index (χ3n) is 4.06. The summed E-state index contributed by atoms with van der Waals surface area (Å²) in [5, 5.41) is 0.826. The van der Waals surface area contributed by atoms with Crippen molar-refractivity contribution in [1.29, 1.82) is 0 Å². The van der Waals surface area contributed by atoms with Crippen molar-refractivity contribution in [3.8, 4) is 0 Å². The van der Waals surface area contributed by atoms with Crippen LogP contribution in [0.2, 0.25) is 0 Å². The number of hydrogen-bond donors (Lipinski definition) is 0. The van der Waals surface area contributed by atoms with Gasteiger partial charge < -0.3 is 4.90 Å². The van der Waals surface area contributed by atoms with Crippen LogP contribution in [0.15, 0.2) is 22.7 Å². The van der Waals surface area contributed by atoms with Crippen LogP contribution in [0.4, 0.5) is 5.13 Å². The van der Waals surface area contributed by atoms with Crippen molar-refractivity contribution < 1.29 is 4.79 Å². The normalized spacial score (nSPS) is 14.6. The number of carbonyl (C=O) groups is 1. The van der Waals surface area contributed by atoms with Gasteiger partial charge in [0.1, 0.15) is 0 Å². The van der Waals surface area contributed by atoms with Crippen LogP contribution < -0.4 is 4.90 Å². The molecule has 1 saturated carbocycles. The van der Waals surface area contributed by atoms with Gasteiger partial charge in [-0.3, -0.25) is 9.69 Å². The quantitative estimate of drug-likeness (QED) is 0.731. The van der Waals surface area contributed by atoms with E-state index in [0.29, 0.717) is 6.54 Å². The summed E-state index contributed by atoms with van der Waals surface area (Å²) in [4.78, 5) is 21.4. The van der Waals surface area contributed by atoms with Gasteiger partial charge in [-0.15, -0.1) is 12.4 Å². The minimum Gasteiger partial charge on any atom is -0.308 e. The zero-order valence-corrected chi connectivity index (χ0v) is 16.5. The molecule has 23 heavy (non-hydrogen) atoms. The second-order valence-electron chi connectivity index (χ2n) is 6.03. The highest BCUT2D eigenvalue weighted by Gasteiger charge is 2.31. The van der Waals surface area contributed by atoms with Gasteiger partial charge in [-0.25, -0.2) is 4.98 Å². The van der Waals surface area contributed by atoms with Crippen molar-refractivity contribution in [3.63, 3.8) is 0 Å². The minimum absolute atomic E-state index is 0. The maximum Gasteiger partial charge on any atom is 0.231 e. The fraction of sp³-hybridized carbons (Fsp3) is 0.500. The Balaban J connectivity index is 0.00000192. The molecule has 2 aromatic rings. The number of nitrogens with zero attached hydrogens (tertiary/aromatic N) is 3. The molecule has 0 saturated heterocycles. The van der Waals surface area contributed by atoms with Crippen LogP contribution in [0.25, 0.3) is 10.2 Å². The van der Waals surface area contributed by atoms with E-state index in [4.69, 9.17) is 0 Å². The Bertz CT molecular complexity index is 687. The van der Waals surface area contributed by atoms with Gasteiger partial charge in [-0.2, -0.15) is 0 Å². The lowest BCUT2D eigenvalue weighted by Gasteiger charge is -2.30. The predicted octanol–water partition coefficient (Wildman–Crippen LogP) is 4.18. The first-order chi connectivity index (χ1) is 10.5. The Morgan fingerprint density at radius 3 is 2.70 bits per heavy atom. The van der Waals surface area contributed by atoms with Gasteiger partial charge in [0.05, 0.1) is 10.2 Å². The number of benzene rings is 1.